The van der Waals surface area contributed by atoms with Crippen LogP contribution in [0.3, 0.4) is 0 Å². The third kappa shape index (κ3) is 3.73. The predicted molar refractivity (Wildman–Crippen MR) is 202 cm³/mol. The van der Waals surface area contributed by atoms with Gasteiger partial charge in [0.25, 0.3) is 0 Å². The monoisotopic (exact) mass is 626 g/mol. The number of benzene rings is 8. The van der Waals surface area contributed by atoms with Crippen LogP contribution in [0.25, 0.3) is 110 Å². The molecule has 3 nitrogen and oxygen atoms in total. The first-order chi connectivity index (χ1) is 24.3. The molecule has 0 spiro atoms. The second kappa shape index (κ2) is 9.96. The summed E-state index contributed by atoms with van der Waals surface area (Å²) in [6.45, 7) is 0. The molecule has 0 bridgehead atoms. The molecule has 3 heteroatoms. The van der Waals surface area contributed by atoms with Crippen LogP contribution >= 0.6 is 0 Å². The van der Waals surface area contributed by atoms with Crippen LogP contribution in [-0.2, 0) is 0 Å². The van der Waals surface area contributed by atoms with Crippen LogP contribution in [0, 0.1) is 0 Å². The first-order valence-electron chi connectivity index (χ1n) is 16.6. The standard InChI is InChI=1S/C46H26O3/c1-2-11-27(12-3-1)38-26-47-45-34(38)23-22-33-37-25-28(21-24-40(37)49-46(33)45)42-29-13-4-6-15-31(29)43(32-16-7-5-14-30(32)42)36-18-10-20-41-44(36)35-17-8-9-19-39(35)48-41/h1-26H. The Morgan fingerprint density at radius 1 is 0.327 bits per heavy atom. The maximum atomic E-state index is 6.52. The minimum absolute atomic E-state index is 0.773. The fourth-order valence-electron chi connectivity index (χ4n) is 8.04. The zero-order valence-electron chi connectivity index (χ0n) is 26.2. The molecule has 0 amide bonds. The maximum Gasteiger partial charge on any atom is 0.178 e. The van der Waals surface area contributed by atoms with Crippen molar-refractivity contribution in [2.45, 2.75) is 0 Å². The highest BCUT2D eigenvalue weighted by Gasteiger charge is 2.21. The molecule has 3 heterocycles. The lowest BCUT2D eigenvalue weighted by Gasteiger charge is -2.18. The van der Waals surface area contributed by atoms with Crippen LogP contribution in [0.2, 0.25) is 0 Å². The number of para-hydroxylation sites is 1. The molecule has 0 saturated carbocycles. The fourth-order valence-corrected chi connectivity index (χ4v) is 8.04. The second-order valence-electron chi connectivity index (χ2n) is 12.8. The molecular formula is C46H26O3. The van der Waals surface area contributed by atoms with Crippen molar-refractivity contribution in [1.29, 1.82) is 0 Å². The second-order valence-corrected chi connectivity index (χ2v) is 12.8. The zero-order valence-corrected chi connectivity index (χ0v) is 26.2. The SMILES string of the molecule is c1ccc(-c2coc3c2ccc2c4cc(-c5c6ccccc6c(-c6cccc7oc8ccccc8c67)c6ccccc56)ccc4oc23)cc1. The minimum Gasteiger partial charge on any atom is -0.460 e. The summed E-state index contributed by atoms with van der Waals surface area (Å²) in [5, 5.41) is 10.3. The lowest BCUT2D eigenvalue weighted by atomic mass is 9.84. The Morgan fingerprint density at radius 3 is 1.73 bits per heavy atom. The van der Waals surface area contributed by atoms with Gasteiger partial charge < -0.3 is 13.3 Å². The van der Waals surface area contributed by atoms with E-state index in [-0.39, 0.29) is 0 Å². The van der Waals surface area contributed by atoms with Crippen LogP contribution in [0.1, 0.15) is 0 Å². The Bertz CT molecular complexity index is 3040. The highest BCUT2D eigenvalue weighted by molar-refractivity contribution is 6.26. The van der Waals surface area contributed by atoms with Gasteiger partial charge in [-0.1, -0.05) is 115 Å². The molecule has 0 unspecified atom stereocenters. The van der Waals surface area contributed by atoms with Crippen LogP contribution in [0.15, 0.2) is 171 Å². The van der Waals surface area contributed by atoms with Gasteiger partial charge in [0.05, 0.1) is 6.26 Å². The van der Waals surface area contributed by atoms with Gasteiger partial charge in [-0.3, -0.25) is 0 Å². The predicted octanol–water partition coefficient (Wildman–Crippen LogP) is 13.5. The molecule has 11 aromatic rings. The molecule has 0 saturated heterocycles. The van der Waals surface area contributed by atoms with E-state index in [1.54, 1.807) is 0 Å². The van der Waals surface area contributed by atoms with Crippen molar-refractivity contribution in [3.8, 4) is 33.4 Å². The van der Waals surface area contributed by atoms with Gasteiger partial charge in [-0.05, 0) is 85.8 Å². The Hall–Kier alpha value is -6.58. The molecule has 0 fully saturated rings. The van der Waals surface area contributed by atoms with E-state index in [0.717, 1.165) is 71.5 Å². The molecule has 0 atom stereocenters. The molecule has 228 valence electrons. The minimum atomic E-state index is 0.773. The first kappa shape index (κ1) is 26.5. The zero-order chi connectivity index (χ0) is 32.1. The Balaban J connectivity index is 1.18. The van der Waals surface area contributed by atoms with E-state index in [1.165, 1.54) is 38.2 Å². The third-order valence-corrected chi connectivity index (χ3v) is 10.2. The van der Waals surface area contributed by atoms with Gasteiger partial charge in [-0.25, -0.2) is 0 Å². The fraction of sp³-hybridized carbons (Fsp3) is 0. The van der Waals surface area contributed by atoms with Gasteiger partial charge in [0, 0.05) is 32.5 Å². The van der Waals surface area contributed by atoms with E-state index >= 15 is 0 Å². The van der Waals surface area contributed by atoms with E-state index in [0.29, 0.717) is 0 Å². The van der Waals surface area contributed by atoms with Gasteiger partial charge in [0.15, 0.2) is 11.2 Å². The third-order valence-electron chi connectivity index (χ3n) is 10.2. The van der Waals surface area contributed by atoms with Crippen molar-refractivity contribution in [2.75, 3.05) is 0 Å². The number of fused-ring (bicyclic) bond motifs is 10. The molecule has 3 aromatic heterocycles. The average Bonchev–Trinajstić information content (AvgIpc) is 3.87. The summed E-state index contributed by atoms with van der Waals surface area (Å²) in [7, 11) is 0. The van der Waals surface area contributed by atoms with E-state index < -0.39 is 0 Å². The summed E-state index contributed by atoms with van der Waals surface area (Å²) < 4.78 is 19.0. The number of furan rings is 3. The lowest BCUT2D eigenvalue weighted by Crippen LogP contribution is -1.91. The molecular weight excluding hydrogens is 601 g/mol. The maximum absolute atomic E-state index is 6.52. The Kier molecular flexibility index (Phi) is 5.38. The summed E-state index contributed by atoms with van der Waals surface area (Å²) >= 11 is 0. The van der Waals surface area contributed by atoms with Gasteiger partial charge in [0.1, 0.15) is 16.7 Å². The molecule has 0 aliphatic heterocycles. The van der Waals surface area contributed by atoms with Crippen molar-refractivity contribution in [1.82, 2.24) is 0 Å². The van der Waals surface area contributed by atoms with Gasteiger partial charge in [0.2, 0.25) is 0 Å². The first-order valence-corrected chi connectivity index (χ1v) is 16.6. The van der Waals surface area contributed by atoms with Gasteiger partial charge >= 0.3 is 0 Å². The molecule has 8 aromatic carbocycles. The number of hydrogen-bond donors (Lipinski definition) is 0. The normalized spacial score (nSPS) is 12.1. The van der Waals surface area contributed by atoms with Crippen molar-refractivity contribution in [3.05, 3.63) is 158 Å². The van der Waals surface area contributed by atoms with E-state index in [2.05, 4.69) is 133 Å². The molecule has 0 radical (unpaired) electrons. The Morgan fingerprint density at radius 2 is 0.959 bits per heavy atom. The van der Waals surface area contributed by atoms with Crippen LogP contribution in [0.5, 0.6) is 0 Å². The van der Waals surface area contributed by atoms with Crippen LogP contribution in [-0.4, -0.2) is 0 Å². The summed E-state index contributed by atoms with van der Waals surface area (Å²) in [5.41, 5.74) is 11.1. The number of rotatable bonds is 3. The highest BCUT2D eigenvalue weighted by Crippen LogP contribution is 2.48. The van der Waals surface area contributed by atoms with Crippen molar-refractivity contribution in [2.24, 2.45) is 0 Å². The summed E-state index contributed by atoms with van der Waals surface area (Å²) in [5.74, 6) is 0. The lowest BCUT2D eigenvalue weighted by molar-refractivity contribution is 0.600. The summed E-state index contributed by atoms with van der Waals surface area (Å²) in [6.07, 6.45) is 1.84. The summed E-state index contributed by atoms with van der Waals surface area (Å²) in [4.78, 5) is 0. The van der Waals surface area contributed by atoms with Crippen molar-refractivity contribution in [3.63, 3.8) is 0 Å². The quantitative estimate of drug-likeness (QED) is 0.183. The Labute approximate surface area is 280 Å². The topological polar surface area (TPSA) is 39.4 Å². The molecule has 0 N–H and O–H groups in total. The molecule has 49 heavy (non-hydrogen) atoms. The van der Waals surface area contributed by atoms with E-state index in [1.807, 2.05) is 24.5 Å². The molecule has 0 aliphatic carbocycles. The van der Waals surface area contributed by atoms with Crippen molar-refractivity contribution < 1.29 is 13.3 Å². The average molecular weight is 627 g/mol. The summed E-state index contributed by atoms with van der Waals surface area (Å²) in [6, 6.07) is 53.6. The van der Waals surface area contributed by atoms with Gasteiger partial charge in [-0.2, -0.15) is 0 Å². The number of hydrogen-bond acceptors (Lipinski definition) is 3. The van der Waals surface area contributed by atoms with E-state index in [4.69, 9.17) is 13.3 Å². The largest absolute Gasteiger partial charge is 0.460 e. The highest BCUT2D eigenvalue weighted by atomic mass is 16.4. The van der Waals surface area contributed by atoms with Crippen LogP contribution < -0.4 is 0 Å². The van der Waals surface area contributed by atoms with Gasteiger partial charge in [-0.15, -0.1) is 0 Å². The van der Waals surface area contributed by atoms with Crippen LogP contribution in [0.4, 0.5) is 0 Å². The molecule has 0 aliphatic rings. The van der Waals surface area contributed by atoms with Crippen molar-refractivity contribution >= 4 is 76.4 Å². The van der Waals surface area contributed by atoms with E-state index in [9.17, 15) is 0 Å². The molecule has 11 rings (SSSR count). The smallest absolute Gasteiger partial charge is 0.178 e.